The number of ketones is 1. The first-order valence-electron chi connectivity index (χ1n) is 17.8. The molecule has 7 atom stereocenters. The Morgan fingerprint density at radius 3 is 1.73 bits per heavy atom. The summed E-state index contributed by atoms with van der Waals surface area (Å²) in [4.78, 5) is 13.8. The molecular formula is C41H66O6Si. The summed E-state index contributed by atoms with van der Waals surface area (Å²) >= 11 is 0. The molecule has 0 aromatic heterocycles. The van der Waals surface area contributed by atoms with Crippen LogP contribution in [0.2, 0.25) is 18.1 Å². The average Bonchev–Trinajstić information content (AvgIpc) is 3.03. The highest BCUT2D eigenvalue weighted by Crippen LogP contribution is 2.39. The van der Waals surface area contributed by atoms with Gasteiger partial charge in [-0.3, -0.25) is 4.79 Å². The van der Waals surface area contributed by atoms with Gasteiger partial charge in [0.15, 0.2) is 8.32 Å². The molecule has 2 rings (SSSR count). The smallest absolute Gasteiger partial charge is 0.192 e. The van der Waals surface area contributed by atoms with Gasteiger partial charge in [-0.05, 0) is 48.5 Å². The summed E-state index contributed by atoms with van der Waals surface area (Å²) in [6, 6.07) is 20.4. The fraction of sp³-hybridized carbons (Fsp3) is 0.634. The van der Waals surface area contributed by atoms with E-state index in [1.54, 1.807) is 7.11 Å². The number of methoxy groups -OCH3 is 1. The SMILES string of the molecule is COCO[C@H]([C@H](C)COCc1ccccc1)[C@H](C)C(=O)C(C)C/C(C)=C\[C@@H](C)[C@H](O[Si](C)(C)C(C)(C)C)[C@H](C)COCc1ccccc1. The zero-order valence-corrected chi connectivity index (χ0v) is 33.1. The van der Waals surface area contributed by atoms with Crippen molar-refractivity contribution in [3.63, 3.8) is 0 Å². The average molecular weight is 683 g/mol. The second-order valence-electron chi connectivity index (χ2n) is 15.5. The molecular weight excluding hydrogens is 617 g/mol. The van der Waals surface area contributed by atoms with Gasteiger partial charge in [-0.15, -0.1) is 0 Å². The van der Waals surface area contributed by atoms with Crippen LogP contribution in [0.25, 0.3) is 0 Å². The molecule has 1 unspecified atom stereocenters. The second-order valence-corrected chi connectivity index (χ2v) is 20.3. The number of hydrogen-bond acceptors (Lipinski definition) is 6. The minimum absolute atomic E-state index is 0.00473. The Bertz CT molecular complexity index is 1210. The van der Waals surface area contributed by atoms with Gasteiger partial charge >= 0.3 is 0 Å². The monoisotopic (exact) mass is 682 g/mol. The van der Waals surface area contributed by atoms with Crippen LogP contribution in [-0.4, -0.2) is 53.4 Å². The van der Waals surface area contributed by atoms with Gasteiger partial charge in [0, 0.05) is 30.8 Å². The Morgan fingerprint density at radius 1 is 0.792 bits per heavy atom. The number of benzene rings is 2. The summed E-state index contributed by atoms with van der Waals surface area (Å²) < 4.78 is 30.6. The summed E-state index contributed by atoms with van der Waals surface area (Å²) in [6.45, 7) is 26.6. The maximum Gasteiger partial charge on any atom is 0.192 e. The molecule has 0 saturated heterocycles. The lowest BCUT2D eigenvalue weighted by molar-refractivity contribution is -0.145. The van der Waals surface area contributed by atoms with Gasteiger partial charge in [0.05, 0.1) is 38.6 Å². The summed E-state index contributed by atoms with van der Waals surface area (Å²) in [7, 11) is -0.442. The molecule has 2 aromatic carbocycles. The number of carbonyl (C=O) groups is 1. The Morgan fingerprint density at radius 2 is 1.27 bits per heavy atom. The van der Waals surface area contributed by atoms with E-state index in [0.29, 0.717) is 32.8 Å². The Kier molecular flexibility index (Phi) is 18.0. The Hall–Kier alpha value is -2.13. The van der Waals surface area contributed by atoms with E-state index >= 15 is 0 Å². The molecule has 6 nitrogen and oxygen atoms in total. The number of carbonyl (C=O) groups excluding carboxylic acids is 1. The van der Waals surface area contributed by atoms with E-state index in [-0.39, 0.29) is 59.4 Å². The van der Waals surface area contributed by atoms with Crippen LogP contribution < -0.4 is 0 Å². The third-order valence-corrected chi connectivity index (χ3v) is 14.3. The van der Waals surface area contributed by atoms with Crippen LogP contribution in [-0.2, 0) is 41.4 Å². The molecule has 0 aliphatic heterocycles. The third-order valence-electron chi connectivity index (χ3n) is 9.84. The van der Waals surface area contributed by atoms with E-state index in [0.717, 1.165) is 5.56 Å². The summed E-state index contributed by atoms with van der Waals surface area (Å²) in [5, 5.41) is 0.0938. The quantitative estimate of drug-likeness (QED) is 0.0700. The van der Waals surface area contributed by atoms with Crippen molar-refractivity contribution in [2.75, 3.05) is 27.1 Å². The van der Waals surface area contributed by atoms with Crippen LogP contribution in [0.4, 0.5) is 0 Å². The number of Topliss-reactive ketones (excluding diaryl/α,β-unsaturated/α-hetero) is 1. The molecule has 0 saturated carbocycles. The topological polar surface area (TPSA) is 63.2 Å². The molecule has 0 heterocycles. The van der Waals surface area contributed by atoms with Crippen molar-refractivity contribution in [2.24, 2.45) is 29.6 Å². The van der Waals surface area contributed by atoms with E-state index < -0.39 is 8.32 Å². The lowest BCUT2D eigenvalue weighted by atomic mass is 9.83. The van der Waals surface area contributed by atoms with Gasteiger partial charge in [-0.25, -0.2) is 0 Å². The van der Waals surface area contributed by atoms with Crippen molar-refractivity contribution in [2.45, 2.75) is 112 Å². The second kappa shape index (κ2) is 20.5. The molecule has 7 heteroatoms. The van der Waals surface area contributed by atoms with Crippen LogP contribution in [0.5, 0.6) is 0 Å². The van der Waals surface area contributed by atoms with Gasteiger partial charge in [-0.2, -0.15) is 0 Å². The first kappa shape index (κ1) is 42.0. The van der Waals surface area contributed by atoms with Crippen LogP contribution in [0.1, 0.15) is 79.9 Å². The molecule has 0 aliphatic rings. The first-order valence-corrected chi connectivity index (χ1v) is 20.7. The molecule has 2 aromatic rings. The van der Waals surface area contributed by atoms with Crippen LogP contribution >= 0.6 is 0 Å². The molecule has 0 radical (unpaired) electrons. The maximum atomic E-state index is 13.8. The highest BCUT2D eigenvalue weighted by Gasteiger charge is 2.41. The van der Waals surface area contributed by atoms with Crippen LogP contribution in [0.3, 0.4) is 0 Å². The van der Waals surface area contributed by atoms with E-state index in [1.165, 1.54) is 11.1 Å². The van der Waals surface area contributed by atoms with E-state index in [1.807, 2.05) is 50.2 Å². The van der Waals surface area contributed by atoms with Gasteiger partial charge in [0.25, 0.3) is 0 Å². The van der Waals surface area contributed by atoms with Crippen molar-refractivity contribution < 1.29 is 28.2 Å². The van der Waals surface area contributed by atoms with Crippen molar-refractivity contribution in [1.82, 2.24) is 0 Å². The molecule has 0 bridgehead atoms. The Balaban J connectivity index is 2.10. The highest BCUT2D eigenvalue weighted by molar-refractivity contribution is 6.74. The number of hydrogen-bond donors (Lipinski definition) is 0. The van der Waals surface area contributed by atoms with Crippen molar-refractivity contribution in [1.29, 1.82) is 0 Å². The molecule has 48 heavy (non-hydrogen) atoms. The lowest BCUT2D eigenvalue weighted by Crippen LogP contribution is -2.47. The summed E-state index contributed by atoms with van der Waals surface area (Å²) in [5.74, 6) is 0.126. The summed E-state index contributed by atoms with van der Waals surface area (Å²) in [6.07, 6.45) is 2.71. The zero-order valence-electron chi connectivity index (χ0n) is 32.1. The predicted molar refractivity (Wildman–Crippen MR) is 200 cm³/mol. The van der Waals surface area contributed by atoms with Crippen LogP contribution in [0, 0.1) is 29.6 Å². The van der Waals surface area contributed by atoms with Gasteiger partial charge in [-0.1, -0.05) is 128 Å². The molecule has 0 N–H and O–H groups in total. The normalized spacial score (nSPS) is 17.3. The van der Waals surface area contributed by atoms with Gasteiger partial charge in [0.1, 0.15) is 12.6 Å². The van der Waals surface area contributed by atoms with Crippen molar-refractivity contribution in [3.05, 3.63) is 83.4 Å². The zero-order chi connectivity index (χ0) is 35.9. The van der Waals surface area contributed by atoms with Crippen molar-refractivity contribution >= 4 is 14.1 Å². The highest BCUT2D eigenvalue weighted by atomic mass is 28.4. The van der Waals surface area contributed by atoms with E-state index in [2.05, 4.69) is 91.9 Å². The van der Waals surface area contributed by atoms with Crippen LogP contribution in [0.15, 0.2) is 72.3 Å². The first-order chi connectivity index (χ1) is 22.6. The van der Waals surface area contributed by atoms with E-state index in [9.17, 15) is 4.79 Å². The van der Waals surface area contributed by atoms with Gasteiger partial charge < -0.3 is 23.4 Å². The number of ether oxygens (including phenoxy) is 4. The minimum atomic E-state index is -2.05. The molecule has 0 amide bonds. The lowest BCUT2D eigenvalue weighted by Gasteiger charge is -2.42. The molecule has 0 spiro atoms. The number of allylic oxidation sites excluding steroid dienone is 1. The predicted octanol–water partition coefficient (Wildman–Crippen LogP) is 9.89. The fourth-order valence-corrected chi connectivity index (χ4v) is 7.56. The number of rotatable bonds is 22. The maximum absolute atomic E-state index is 13.8. The molecule has 270 valence electrons. The molecule has 0 aliphatic carbocycles. The Labute approximate surface area is 294 Å². The summed E-state index contributed by atoms with van der Waals surface area (Å²) in [5.41, 5.74) is 3.50. The third kappa shape index (κ3) is 14.0. The fourth-order valence-electron chi connectivity index (χ4n) is 6.08. The standard InChI is InChI=1S/C41H66O6Si/c1-30(23-31(2)38(42)35(6)40(46-29-43-10)34(5)26-45-28-37-21-17-14-18-22-37)24-32(3)39(47-48(11,12)41(7,8)9)33(4)25-44-27-36-19-15-13-16-20-36/h13-22,24,31-35,39-40H,23,25-29H2,1-12H3/b30-24-/t31?,32-,33-,34-,35-,39+,40-/m1/s1. The van der Waals surface area contributed by atoms with E-state index in [4.69, 9.17) is 23.4 Å². The largest absolute Gasteiger partial charge is 0.413 e. The van der Waals surface area contributed by atoms with Crippen molar-refractivity contribution in [3.8, 4) is 0 Å². The molecule has 0 fully saturated rings. The minimum Gasteiger partial charge on any atom is -0.413 e. The van der Waals surface area contributed by atoms with Gasteiger partial charge in [0.2, 0.25) is 0 Å².